The minimum absolute atomic E-state index is 0.103. The lowest BCUT2D eigenvalue weighted by molar-refractivity contribution is -0.492. The van der Waals surface area contributed by atoms with Gasteiger partial charge in [0.05, 0.1) is 24.2 Å². The van der Waals surface area contributed by atoms with E-state index in [1.54, 1.807) is 6.92 Å². The van der Waals surface area contributed by atoms with Crippen LogP contribution in [-0.4, -0.2) is 97.8 Å². The van der Waals surface area contributed by atoms with Crippen LogP contribution in [0, 0.1) is 22.7 Å². The van der Waals surface area contributed by atoms with E-state index >= 15 is 4.39 Å². The summed E-state index contributed by atoms with van der Waals surface area (Å²) in [4.78, 5) is 53.5. The van der Waals surface area contributed by atoms with E-state index in [2.05, 4.69) is 10.2 Å². The lowest BCUT2D eigenvalue weighted by Gasteiger charge is -2.62. The molecule has 4 aliphatic carbocycles. The number of esters is 1. The maximum Gasteiger partial charge on any atom is 0.325 e. The van der Waals surface area contributed by atoms with E-state index in [-0.39, 0.29) is 44.5 Å². The summed E-state index contributed by atoms with van der Waals surface area (Å²) in [6.07, 6.45) is 1.08. The minimum atomic E-state index is -2.44. The second-order valence-electron chi connectivity index (χ2n) is 11.8. The van der Waals surface area contributed by atoms with E-state index in [9.17, 15) is 34.5 Å². The average Bonchev–Trinajstić information content (AvgIpc) is 3.11. The Kier molecular flexibility index (Phi) is 8.60. The molecule has 4 rings (SSSR count). The second-order valence-corrected chi connectivity index (χ2v) is 11.8. The third-order valence-electron chi connectivity index (χ3n) is 9.84. The highest BCUT2D eigenvalue weighted by Crippen LogP contribution is 2.69. The summed E-state index contributed by atoms with van der Waals surface area (Å²) in [5, 5.41) is 52.6. The first-order valence-electron chi connectivity index (χ1n) is 13.6. The van der Waals surface area contributed by atoms with Gasteiger partial charge in [-0.25, -0.2) is 4.39 Å². The third-order valence-corrected chi connectivity index (χ3v) is 9.84. The number of nitrogens with one attached hydrogen (secondary N) is 1. The number of fused-ring (bicyclic) bond motifs is 5. The summed E-state index contributed by atoms with van der Waals surface area (Å²) in [5.74, 6) is -4.36. The predicted molar refractivity (Wildman–Crippen MR) is 134 cm³/mol. The van der Waals surface area contributed by atoms with Crippen LogP contribution in [0.3, 0.4) is 0 Å². The van der Waals surface area contributed by atoms with Crippen molar-refractivity contribution >= 4 is 23.4 Å². The highest BCUT2D eigenvalue weighted by Gasteiger charge is 2.76. The normalized spacial score (nSPS) is 39.4. The first kappa shape index (κ1) is 31.3. The molecule has 0 aliphatic heterocycles. The molecule has 41 heavy (non-hydrogen) atoms. The van der Waals surface area contributed by atoms with Crippen molar-refractivity contribution < 1.29 is 58.9 Å². The van der Waals surface area contributed by atoms with Gasteiger partial charge in [-0.2, -0.15) is 0 Å². The zero-order chi connectivity index (χ0) is 30.4. The second kappa shape index (κ2) is 11.2. The topological polar surface area (TPSA) is 203 Å². The van der Waals surface area contributed by atoms with E-state index in [0.29, 0.717) is 12.0 Å². The quantitative estimate of drug-likeness (QED) is 0.115. The maximum absolute atomic E-state index is 17.1. The summed E-state index contributed by atoms with van der Waals surface area (Å²) in [7, 11) is 0. The van der Waals surface area contributed by atoms with Crippen molar-refractivity contribution in [3.05, 3.63) is 23.8 Å². The molecule has 3 fully saturated rings. The predicted octanol–water partition coefficient (Wildman–Crippen LogP) is 0.0798. The van der Waals surface area contributed by atoms with E-state index in [0.717, 1.165) is 0 Å². The molecule has 13 nitrogen and oxygen atoms in total. The third kappa shape index (κ3) is 5.05. The lowest BCUT2D eigenvalue weighted by atomic mass is 9.44. The molecule has 0 unspecified atom stereocenters. The lowest BCUT2D eigenvalue weighted by Crippen LogP contribution is -2.69. The molecule has 8 atom stereocenters. The van der Waals surface area contributed by atoms with Gasteiger partial charge in [-0.15, -0.1) is 0 Å². The molecule has 0 bridgehead atoms. The van der Waals surface area contributed by atoms with Crippen molar-refractivity contribution in [2.45, 2.75) is 75.9 Å². The molecular weight excluding hydrogens is 547 g/mol. The Morgan fingerprint density at radius 3 is 2.56 bits per heavy atom. The molecule has 3 saturated carbocycles. The smallest absolute Gasteiger partial charge is 0.325 e. The van der Waals surface area contributed by atoms with Crippen LogP contribution in [0.2, 0.25) is 0 Å². The Morgan fingerprint density at radius 2 is 1.88 bits per heavy atom. The Labute approximate surface area is 235 Å². The zero-order valence-electron chi connectivity index (χ0n) is 22.9. The number of hydrogen-bond donors (Lipinski definition) is 6. The number of rotatable bonds is 10. The van der Waals surface area contributed by atoms with E-state index in [4.69, 9.17) is 15.2 Å². The maximum atomic E-state index is 17.1. The fourth-order valence-corrected chi connectivity index (χ4v) is 7.67. The van der Waals surface area contributed by atoms with Gasteiger partial charge < -0.3 is 25.4 Å². The number of aliphatic hydroxyl groups is 3. The molecule has 228 valence electrons. The Morgan fingerprint density at radius 1 is 1.17 bits per heavy atom. The number of ketones is 2. The Hall–Kier alpha value is -2.59. The van der Waals surface area contributed by atoms with Gasteiger partial charge in [-0.05, 0) is 57.1 Å². The summed E-state index contributed by atoms with van der Waals surface area (Å²) in [6, 6.07) is 0. The van der Waals surface area contributed by atoms with Crippen LogP contribution in [0.15, 0.2) is 23.8 Å². The van der Waals surface area contributed by atoms with Crippen LogP contribution in [0.1, 0.15) is 52.4 Å². The van der Waals surface area contributed by atoms with Gasteiger partial charge >= 0.3 is 5.97 Å². The first-order chi connectivity index (χ1) is 19.1. The number of aliphatic hydroxyl groups excluding tert-OH is 2. The van der Waals surface area contributed by atoms with E-state index < -0.39 is 82.3 Å². The van der Waals surface area contributed by atoms with Gasteiger partial charge in [0.1, 0.15) is 6.54 Å². The van der Waals surface area contributed by atoms with Crippen LogP contribution in [0.5, 0.6) is 0 Å². The minimum Gasteiger partial charge on any atom is -0.456 e. The summed E-state index contributed by atoms with van der Waals surface area (Å²) < 4.78 is 22.1. The molecular formula is C27H37FN2O11. The Balaban J connectivity index is 1.42. The number of hydrogen-bond acceptors (Lipinski definition) is 12. The number of alkyl halides is 1. The van der Waals surface area contributed by atoms with Crippen LogP contribution in [0.25, 0.3) is 0 Å². The van der Waals surface area contributed by atoms with Gasteiger partial charge in [-0.1, -0.05) is 18.6 Å². The molecule has 0 radical (unpaired) electrons. The monoisotopic (exact) mass is 584 g/mol. The fraction of sp³-hybridized carbons (Fsp3) is 0.704. The van der Waals surface area contributed by atoms with Crippen LogP contribution in [0.4, 0.5) is 4.39 Å². The van der Waals surface area contributed by atoms with Crippen molar-refractivity contribution in [2.75, 3.05) is 19.8 Å². The average molecular weight is 585 g/mol. The molecule has 0 aromatic carbocycles. The number of halogens is 1. The molecule has 14 heteroatoms. The van der Waals surface area contributed by atoms with E-state index in [1.165, 1.54) is 25.2 Å². The van der Waals surface area contributed by atoms with Crippen LogP contribution >= 0.6 is 0 Å². The van der Waals surface area contributed by atoms with Crippen molar-refractivity contribution in [1.82, 2.24) is 10.7 Å². The van der Waals surface area contributed by atoms with Crippen molar-refractivity contribution in [3.8, 4) is 0 Å². The van der Waals surface area contributed by atoms with Gasteiger partial charge in [-0.3, -0.25) is 34.4 Å². The number of Topliss-reactive ketones (excluding diaryl/α,β-unsaturated/α-hetero) is 1. The van der Waals surface area contributed by atoms with Crippen LogP contribution < -0.4 is 5.32 Å². The number of carbonyl (C=O) groups is 4. The fourth-order valence-electron chi connectivity index (χ4n) is 7.67. The molecule has 6 N–H and O–H groups in total. The highest BCUT2D eigenvalue weighted by atomic mass is 19.1. The van der Waals surface area contributed by atoms with Gasteiger partial charge in [0.25, 0.3) is 0 Å². The van der Waals surface area contributed by atoms with Gasteiger partial charge in [0.15, 0.2) is 23.7 Å². The summed E-state index contributed by atoms with van der Waals surface area (Å²) in [5.41, 5.74) is -6.79. The molecule has 4 aliphatic rings. The molecule has 0 saturated heterocycles. The van der Waals surface area contributed by atoms with Crippen molar-refractivity contribution in [1.29, 1.82) is 0 Å². The van der Waals surface area contributed by atoms with Gasteiger partial charge in [0.2, 0.25) is 11.7 Å². The number of carbonyl (C=O) groups excluding carboxylic acids is 4. The summed E-state index contributed by atoms with van der Waals surface area (Å²) >= 11 is 0. The Bertz CT molecular complexity index is 1160. The first-order valence-corrected chi connectivity index (χ1v) is 13.6. The number of amides is 1. The molecule has 0 aromatic heterocycles. The SMILES string of the molecule is C[C@]12C=CC(=O)C=C1CC[C@H]1[C@@H]3C[C@@H](O)[C@](O)(C(=O)COC(=O)CNC(=O)CCCON(O)O)[C@@]3(C)C[C@H](O)[C@@]12F. The standard InChI is InChI=1S/C27H37FN2O11/c1-24-8-7-16(31)10-15(24)5-6-17-18-11-19(32)27(37,25(18,2)12-20(33)26(17,24)28)21(34)14-40-23(36)13-29-22(35)4-3-9-41-30(38)39/h7-8,10,17-20,32-33,37-39H,3-6,9,11-14H2,1-2H3,(H,29,35)/t17-,18-,19+,20-,24-,25-,26-,27-/m0/s1. The molecule has 0 aromatic rings. The van der Waals surface area contributed by atoms with Gasteiger partial charge in [0, 0.05) is 23.2 Å². The molecule has 1 amide bonds. The largest absolute Gasteiger partial charge is 0.456 e. The molecule has 0 heterocycles. The van der Waals surface area contributed by atoms with Crippen LogP contribution in [-0.2, 0) is 28.8 Å². The highest BCUT2D eigenvalue weighted by molar-refractivity contribution is 6.01. The number of ether oxygens (including phenoxy) is 1. The van der Waals surface area contributed by atoms with E-state index in [1.807, 2.05) is 0 Å². The molecule has 0 spiro atoms. The summed E-state index contributed by atoms with van der Waals surface area (Å²) in [6.45, 7) is 1.48. The van der Waals surface area contributed by atoms with Crippen molar-refractivity contribution in [2.24, 2.45) is 22.7 Å². The number of allylic oxidation sites excluding steroid dienone is 4. The van der Waals surface area contributed by atoms with Crippen molar-refractivity contribution in [3.63, 3.8) is 0 Å². The zero-order valence-corrected chi connectivity index (χ0v) is 22.9. The number of nitrogens with zero attached hydrogens (tertiary/aromatic N) is 1.